The van der Waals surface area contributed by atoms with Crippen molar-refractivity contribution >= 4 is 27.7 Å². The molecule has 1 atom stereocenters. The van der Waals surface area contributed by atoms with Gasteiger partial charge >= 0.3 is 0 Å². The summed E-state index contributed by atoms with van der Waals surface area (Å²) in [6.07, 6.45) is 0.407. The van der Waals surface area contributed by atoms with E-state index in [-0.39, 0.29) is 24.5 Å². The van der Waals surface area contributed by atoms with E-state index >= 15 is 0 Å². The minimum absolute atomic E-state index is 0.0467. The summed E-state index contributed by atoms with van der Waals surface area (Å²) in [6, 6.07) is 20.9. The van der Waals surface area contributed by atoms with E-state index in [2.05, 4.69) is 27.3 Å². The SMILES string of the molecule is Cc1cc(C)c(C)c(OCC(=O)N(Cc2ccc(Br)cc2)[C@H](Cc2ccccc2)C(=O)NC(C)C)c1. The van der Waals surface area contributed by atoms with E-state index in [4.69, 9.17) is 4.74 Å². The summed E-state index contributed by atoms with van der Waals surface area (Å²) in [5.41, 5.74) is 5.12. The van der Waals surface area contributed by atoms with Gasteiger partial charge in [0.05, 0.1) is 0 Å². The summed E-state index contributed by atoms with van der Waals surface area (Å²) in [4.78, 5) is 28.8. The van der Waals surface area contributed by atoms with Crippen LogP contribution in [-0.2, 0) is 22.6 Å². The van der Waals surface area contributed by atoms with Crippen molar-refractivity contribution in [3.8, 4) is 5.75 Å². The lowest BCUT2D eigenvalue weighted by molar-refractivity contribution is -0.143. The van der Waals surface area contributed by atoms with Crippen LogP contribution in [0.15, 0.2) is 71.2 Å². The lowest BCUT2D eigenvalue weighted by atomic mass is 10.0. The fourth-order valence-electron chi connectivity index (χ4n) is 4.09. The molecule has 36 heavy (non-hydrogen) atoms. The van der Waals surface area contributed by atoms with Gasteiger partial charge in [0.2, 0.25) is 5.91 Å². The number of nitrogens with zero attached hydrogens (tertiary/aromatic N) is 1. The van der Waals surface area contributed by atoms with E-state index in [1.165, 1.54) is 0 Å². The molecule has 6 heteroatoms. The van der Waals surface area contributed by atoms with Crippen LogP contribution in [0.2, 0.25) is 0 Å². The molecule has 0 saturated heterocycles. The first kappa shape index (κ1) is 27.5. The van der Waals surface area contributed by atoms with Crippen LogP contribution in [0.4, 0.5) is 0 Å². The zero-order chi connectivity index (χ0) is 26.2. The van der Waals surface area contributed by atoms with E-state index in [0.717, 1.165) is 32.3 Å². The Hall–Kier alpha value is -3.12. The summed E-state index contributed by atoms with van der Waals surface area (Å²) in [5.74, 6) is 0.272. The first-order valence-corrected chi connectivity index (χ1v) is 13.0. The van der Waals surface area contributed by atoms with Crippen LogP contribution in [-0.4, -0.2) is 35.4 Å². The molecule has 190 valence electrons. The smallest absolute Gasteiger partial charge is 0.261 e. The maximum atomic E-state index is 13.7. The fraction of sp³-hybridized carbons (Fsp3) is 0.333. The molecule has 0 aliphatic heterocycles. The van der Waals surface area contributed by atoms with Crippen molar-refractivity contribution in [2.24, 2.45) is 0 Å². The molecule has 0 heterocycles. The Morgan fingerprint density at radius 2 is 1.61 bits per heavy atom. The molecule has 0 aliphatic carbocycles. The summed E-state index contributed by atoms with van der Waals surface area (Å²) in [5, 5.41) is 3.01. The van der Waals surface area contributed by atoms with Crippen molar-refractivity contribution in [3.63, 3.8) is 0 Å². The highest BCUT2D eigenvalue weighted by Gasteiger charge is 2.31. The van der Waals surface area contributed by atoms with E-state index in [1.807, 2.05) is 95.3 Å². The Bertz CT molecular complexity index is 1180. The average Bonchev–Trinajstić information content (AvgIpc) is 2.83. The van der Waals surface area contributed by atoms with Gasteiger partial charge in [-0.3, -0.25) is 9.59 Å². The molecule has 0 bridgehead atoms. The molecule has 0 saturated carbocycles. The Morgan fingerprint density at radius 3 is 2.25 bits per heavy atom. The quantitative estimate of drug-likeness (QED) is 0.341. The third-order valence-corrected chi connectivity index (χ3v) is 6.61. The first-order valence-electron chi connectivity index (χ1n) is 12.2. The minimum Gasteiger partial charge on any atom is -0.483 e. The van der Waals surface area contributed by atoms with Crippen LogP contribution in [0.5, 0.6) is 5.75 Å². The number of halogens is 1. The molecule has 0 aliphatic rings. The maximum absolute atomic E-state index is 13.7. The molecule has 3 aromatic rings. The van der Waals surface area contributed by atoms with E-state index in [1.54, 1.807) is 4.90 Å². The highest BCUT2D eigenvalue weighted by Crippen LogP contribution is 2.24. The van der Waals surface area contributed by atoms with Crippen molar-refractivity contribution in [2.75, 3.05) is 6.61 Å². The van der Waals surface area contributed by atoms with Crippen LogP contribution < -0.4 is 10.1 Å². The number of ether oxygens (including phenoxy) is 1. The normalized spacial score (nSPS) is 11.8. The maximum Gasteiger partial charge on any atom is 0.261 e. The lowest BCUT2D eigenvalue weighted by Gasteiger charge is -2.32. The molecule has 3 aromatic carbocycles. The van der Waals surface area contributed by atoms with Gasteiger partial charge in [0, 0.05) is 23.5 Å². The highest BCUT2D eigenvalue weighted by atomic mass is 79.9. The Morgan fingerprint density at radius 1 is 0.944 bits per heavy atom. The van der Waals surface area contributed by atoms with Gasteiger partial charge in [-0.05, 0) is 80.6 Å². The van der Waals surface area contributed by atoms with Crippen molar-refractivity contribution in [3.05, 3.63) is 99.0 Å². The monoisotopic (exact) mass is 550 g/mol. The molecule has 0 aromatic heterocycles. The summed E-state index contributed by atoms with van der Waals surface area (Å²) in [6.45, 7) is 10.0. The van der Waals surface area contributed by atoms with Crippen LogP contribution >= 0.6 is 15.9 Å². The Kier molecular flexibility index (Phi) is 9.71. The molecular weight excluding hydrogens is 516 g/mol. The second-order valence-corrected chi connectivity index (χ2v) is 10.4. The number of hydrogen-bond acceptors (Lipinski definition) is 3. The predicted molar refractivity (Wildman–Crippen MR) is 148 cm³/mol. The number of aryl methyl sites for hydroxylation is 2. The molecule has 0 spiro atoms. The second kappa shape index (κ2) is 12.7. The summed E-state index contributed by atoms with van der Waals surface area (Å²) >= 11 is 3.47. The van der Waals surface area contributed by atoms with Gasteiger partial charge in [-0.2, -0.15) is 0 Å². The number of hydrogen-bond donors (Lipinski definition) is 1. The minimum atomic E-state index is -0.685. The molecule has 1 N–H and O–H groups in total. The average molecular weight is 552 g/mol. The lowest BCUT2D eigenvalue weighted by Crippen LogP contribution is -2.52. The van der Waals surface area contributed by atoms with Gasteiger partial charge in [-0.1, -0.05) is 64.5 Å². The summed E-state index contributed by atoms with van der Waals surface area (Å²) in [7, 11) is 0. The standard InChI is InChI=1S/C30H35BrN2O3/c1-20(2)32-30(35)27(17-24-9-7-6-8-10-24)33(18-25-11-13-26(31)14-12-25)29(34)19-36-28-16-21(3)15-22(4)23(28)5/h6-16,20,27H,17-19H2,1-5H3,(H,32,35)/t27-/m1/s1. The highest BCUT2D eigenvalue weighted by molar-refractivity contribution is 9.10. The predicted octanol–water partition coefficient (Wildman–Crippen LogP) is 5.92. The zero-order valence-electron chi connectivity index (χ0n) is 21.7. The van der Waals surface area contributed by atoms with E-state index < -0.39 is 6.04 Å². The van der Waals surface area contributed by atoms with Crippen molar-refractivity contribution in [1.82, 2.24) is 10.2 Å². The number of nitrogens with one attached hydrogen (secondary N) is 1. The zero-order valence-corrected chi connectivity index (χ0v) is 23.3. The van der Waals surface area contributed by atoms with Crippen molar-refractivity contribution < 1.29 is 14.3 Å². The van der Waals surface area contributed by atoms with Crippen molar-refractivity contribution in [1.29, 1.82) is 0 Å². The van der Waals surface area contributed by atoms with Crippen LogP contribution in [0, 0.1) is 20.8 Å². The van der Waals surface area contributed by atoms with Crippen LogP contribution in [0.1, 0.15) is 41.7 Å². The second-order valence-electron chi connectivity index (χ2n) is 9.51. The van der Waals surface area contributed by atoms with E-state index in [9.17, 15) is 9.59 Å². The largest absolute Gasteiger partial charge is 0.483 e. The molecule has 2 amide bonds. The number of carbonyl (C=O) groups is 2. The molecular formula is C30H35BrN2O3. The van der Waals surface area contributed by atoms with Crippen molar-refractivity contribution in [2.45, 2.75) is 59.7 Å². The van der Waals surface area contributed by atoms with Crippen LogP contribution in [0.3, 0.4) is 0 Å². The Balaban J connectivity index is 1.93. The van der Waals surface area contributed by atoms with E-state index in [0.29, 0.717) is 18.7 Å². The molecule has 0 radical (unpaired) electrons. The summed E-state index contributed by atoms with van der Waals surface area (Å²) < 4.78 is 6.98. The molecule has 0 unspecified atom stereocenters. The molecule has 0 fully saturated rings. The van der Waals surface area contributed by atoms with Gasteiger partial charge in [0.1, 0.15) is 11.8 Å². The number of benzene rings is 3. The van der Waals surface area contributed by atoms with Gasteiger partial charge < -0.3 is 15.0 Å². The van der Waals surface area contributed by atoms with Gasteiger partial charge in [0.15, 0.2) is 6.61 Å². The fourth-order valence-corrected chi connectivity index (χ4v) is 4.36. The third-order valence-electron chi connectivity index (χ3n) is 6.08. The number of amides is 2. The van der Waals surface area contributed by atoms with Gasteiger partial charge in [0.25, 0.3) is 5.91 Å². The Labute approximate surface area is 223 Å². The third kappa shape index (κ3) is 7.69. The number of carbonyl (C=O) groups excluding carboxylic acids is 2. The number of rotatable bonds is 10. The molecule has 3 rings (SSSR count). The topological polar surface area (TPSA) is 58.6 Å². The van der Waals surface area contributed by atoms with Gasteiger partial charge in [-0.25, -0.2) is 0 Å². The molecule has 5 nitrogen and oxygen atoms in total. The van der Waals surface area contributed by atoms with Crippen LogP contribution in [0.25, 0.3) is 0 Å². The first-order chi connectivity index (χ1) is 17.1. The van der Waals surface area contributed by atoms with Gasteiger partial charge in [-0.15, -0.1) is 0 Å².